The molecule has 0 atom stereocenters. The molecule has 0 aromatic carbocycles. The number of rotatable bonds is 0. The molecule has 72 valence electrons. The van der Waals surface area contributed by atoms with Gasteiger partial charge >= 0.3 is 0 Å². The van der Waals surface area contributed by atoms with E-state index in [1.54, 1.807) is 17.5 Å². The van der Waals surface area contributed by atoms with Gasteiger partial charge in [0, 0.05) is 10.3 Å². The highest BCUT2D eigenvalue weighted by molar-refractivity contribution is 7.19. The highest BCUT2D eigenvalue weighted by Gasteiger charge is 2.17. The number of nitrogens with one attached hydrogen (secondary N) is 1. The van der Waals surface area contributed by atoms with Crippen LogP contribution in [0.15, 0.2) is 11.0 Å². The van der Waals surface area contributed by atoms with Crippen molar-refractivity contribution in [3.63, 3.8) is 0 Å². The molecule has 1 aliphatic rings. The summed E-state index contributed by atoms with van der Waals surface area (Å²) in [5.41, 5.74) is 1.33. The predicted molar refractivity (Wildman–Crippen MR) is 56.9 cm³/mol. The third kappa shape index (κ3) is 1.04. The van der Waals surface area contributed by atoms with Crippen LogP contribution in [0, 0.1) is 0 Å². The quantitative estimate of drug-likeness (QED) is 0.715. The van der Waals surface area contributed by atoms with Crippen LogP contribution < -0.4 is 5.56 Å². The monoisotopic (exact) mass is 206 g/mol. The Morgan fingerprint density at radius 2 is 2.21 bits per heavy atom. The highest BCUT2D eigenvalue weighted by Crippen LogP contribution is 2.33. The van der Waals surface area contributed by atoms with Crippen molar-refractivity contribution in [3.05, 3.63) is 27.0 Å². The van der Waals surface area contributed by atoms with Gasteiger partial charge in [-0.2, -0.15) is 5.10 Å². The van der Waals surface area contributed by atoms with E-state index >= 15 is 0 Å². The van der Waals surface area contributed by atoms with Crippen LogP contribution in [0.2, 0.25) is 0 Å². The first-order chi connectivity index (χ1) is 6.86. The number of nitrogens with zero attached hydrogens (tertiary/aromatic N) is 1. The zero-order valence-electron chi connectivity index (χ0n) is 7.67. The normalized spacial score (nSPS) is 15.7. The molecule has 0 unspecified atom stereocenters. The van der Waals surface area contributed by atoms with E-state index in [0.717, 1.165) is 22.9 Å². The van der Waals surface area contributed by atoms with Crippen molar-refractivity contribution in [2.24, 2.45) is 0 Å². The summed E-state index contributed by atoms with van der Waals surface area (Å²) in [6, 6.07) is 0. The summed E-state index contributed by atoms with van der Waals surface area (Å²) in [5, 5.41) is 7.43. The number of H-pyrrole nitrogens is 1. The molecule has 0 radical (unpaired) electrons. The number of hydrogen-bond acceptors (Lipinski definition) is 3. The standard InChI is InChI=1S/C10H10N2OS/c13-10-9-7(5-11-12-10)6-3-1-2-4-8(6)14-9/h5H,1-4H2,(H,12,13). The second-order valence-electron chi connectivity index (χ2n) is 3.65. The number of aromatic nitrogens is 2. The number of thiophene rings is 1. The van der Waals surface area contributed by atoms with E-state index in [-0.39, 0.29) is 5.56 Å². The SMILES string of the molecule is O=c1[nH]ncc2c3c(sc12)CCCC3. The van der Waals surface area contributed by atoms with Gasteiger partial charge in [0.1, 0.15) is 4.70 Å². The molecule has 1 N–H and O–H groups in total. The zero-order chi connectivity index (χ0) is 9.54. The summed E-state index contributed by atoms with van der Waals surface area (Å²) in [7, 11) is 0. The minimum atomic E-state index is -0.0399. The molecule has 14 heavy (non-hydrogen) atoms. The van der Waals surface area contributed by atoms with Gasteiger partial charge in [-0.25, -0.2) is 5.10 Å². The highest BCUT2D eigenvalue weighted by atomic mass is 32.1. The molecule has 0 amide bonds. The Hall–Kier alpha value is -1.16. The van der Waals surface area contributed by atoms with E-state index in [1.807, 2.05) is 0 Å². The molecular weight excluding hydrogens is 196 g/mol. The number of aryl methyl sites for hydroxylation is 2. The van der Waals surface area contributed by atoms with Crippen molar-refractivity contribution in [1.29, 1.82) is 0 Å². The summed E-state index contributed by atoms with van der Waals surface area (Å²) < 4.78 is 0.854. The average molecular weight is 206 g/mol. The van der Waals surface area contributed by atoms with Crippen LogP contribution in [0.4, 0.5) is 0 Å². The van der Waals surface area contributed by atoms with Gasteiger partial charge in [0.25, 0.3) is 5.56 Å². The van der Waals surface area contributed by atoms with Crippen molar-refractivity contribution in [1.82, 2.24) is 10.2 Å². The Bertz CT molecular complexity index is 541. The van der Waals surface area contributed by atoms with E-state index in [4.69, 9.17) is 0 Å². The number of hydrogen-bond donors (Lipinski definition) is 1. The lowest BCUT2D eigenvalue weighted by atomic mass is 9.97. The van der Waals surface area contributed by atoms with Crippen LogP contribution in [0.1, 0.15) is 23.3 Å². The molecule has 0 spiro atoms. The second-order valence-corrected chi connectivity index (χ2v) is 4.76. The molecule has 2 aromatic heterocycles. The topological polar surface area (TPSA) is 45.8 Å². The van der Waals surface area contributed by atoms with Gasteiger partial charge in [-0.3, -0.25) is 4.79 Å². The zero-order valence-corrected chi connectivity index (χ0v) is 8.49. The molecule has 0 aliphatic heterocycles. The van der Waals surface area contributed by atoms with Crippen LogP contribution in [0.25, 0.3) is 10.1 Å². The minimum absolute atomic E-state index is 0.0399. The van der Waals surface area contributed by atoms with E-state index in [0.29, 0.717) is 0 Å². The van der Waals surface area contributed by atoms with Crippen molar-refractivity contribution in [2.75, 3.05) is 0 Å². The van der Waals surface area contributed by atoms with Crippen molar-refractivity contribution < 1.29 is 0 Å². The molecule has 3 nitrogen and oxygen atoms in total. The number of fused-ring (bicyclic) bond motifs is 3. The van der Waals surface area contributed by atoms with E-state index < -0.39 is 0 Å². The van der Waals surface area contributed by atoms with Crippen molar-refractivity contribution in [2.45, 2.75) is 25.7 Å². The number of aromatic amines is 1. The maximum Gasteiger partial charge on any atom is 0.282 e. The van der Waals surface area contributed by atoms with Crippen LogP contribution in [-0.2, 0) is 12.8 Å². The molecule has 3 rings (SSSR count). The lowest BCUT2D eigenvalue weighted by Gasteiger charge is -2.09. The van der Waals surface area contributed by atoms with Gasteiger partial charge in [0.05, 0.1) is 6.20 Å². The third-order valence-corrected chi connectivity index (χ3v) is 4.08. The molecule has 0 saturated heterocycles. The summed E-state index contributed by atoms with van der Waals surface area (Å²) in [6.07, 6.45) is 6.53. The Kier molecular flexibility index (Phi) is 1.70. The van der Waals surface area contributed by atoms with Gasteiger partial charge in [-0.05, 0) is 31.2 Å². The first-order valence-electron chi connectivity index (χ1n) is 4.84. The Labute approximate surface area is 84.8 Å². The third-order valence-electron chi connectivity index (χ3n) is 2.78. The largest absolute Gasteiger partial charge is 0.282 e. The van der Waals surface area contributed by atoms with Crippen LogP contribution >= 0.6 is 11.3 Å². The van der Waals surface area contributed by atoms with Crippen molar-refractivity contribution in [3.8, 4) is 0 Å². The fourth-order valence-electron chi connectivity index (χ4n) is 2.10. The predicted octanol–water partition coefficient (Wildman–Crippen LogP) is 1.86. The summed E-state index contributed by atoms with van der Waals surface area (Å²) >= 11 is 1.64. The maximum absolute atomic E-state index is 11.5. The summed E-state index contributed by atoms with van der Waals surface area (Å²) in [6.45, 7) is 0. The van der Waals surface area contributed by atoms with Crippen LogP contribution in [0.5, 0.6) is 0 Å². The van der Waals surface area contributed by atoms with Gasteiger partial charge in [0.2, 0.25) is 0 Å². The Morgan fingerprint density at radius 3 is 3.14 bits per heavy atom. The minimum Gasteiger partial charge on any atom is -0.266 e. The smallest absolute Gasteiger partial charge is 0.266 e. The molecule has 1 aliphatic carbocycles. The van der Waals surface area contributed by atoms with Gasteiger partial charge < -0.3 is 0 Å². The molecule has 0 bridgehead atoms. The van der Waals surface area contributed by atoms with Gasteiger partial charge in [-0.1, -0.05) is 0 Å². The molecule has 0 saturated carbocycles. The fourth-order valence-corrected chi connectivity index (χ4v) is 3.35. The average Bonchev–Trinajstić information content (AvgIpc) is 2.59. The van der Waals surface area contributed by atoms with Crippen LogP contribution in [0.3, 0.4) is 0 Å². The Balaban J connectivity index is 2.42. The molecule has 0 fully saturated rings. The maximum atomic E-state index is 11.5. The van der Waals surface area contributed by atoms with Crippen molar-refractivity contribution >= 4 is 21.4 Å². The van der Waals surface area contributed by atoms with E-state index in [9.17, 15) is 4.79 Å². The van der Waals surface area contributed by atoms with Gasteiger partial charge in [0.15, 0.2) is 0 Å². The molecular formula is C10H10N2OS. The molecule has 2 heterocycles. The summed E-state index contributed by atoms with van der Waals surface area (Å²) in [5.74, 6) is 0. The molecule has 2 aromatic rings. The van der Waals surface area contributed by atoms with Crippen LogP contribution in [-0.4, -0.2) is 10.2 Å². The van der Waals surface area contributed by atoms with Gasteiger partial charge in [-0.15, -0.1) is 11.3 Å². The van der Waals surface area contributed by atoms with E-state index in [1.165, 1.54) is 23.3 Å². The van der Waals surface area contributed by atoms with E-state index in [2.05, 4.69) is 10.2 Å². The summed E-state index contributed by atoms with van der Waals surface area (Å²) in [4.78, 5) is 12.9. The molecule has 4 heteroatoms. The Morgan fingerprint density at radius 1 is 1.36 bits per heavy atom. The second kappa shape index (κ2) is 2.92. The first kappa shape index (κ1) is 8.17. The fraction of sp³-hybridized carbons (Fsp3) is 0.400. The lowest BCUT2D eigenvalue weighted by Crippen LogP contribution is -2.05. The lowest BCUT2D eigenvalue weighted by molar-refractivity contribution is 0.700. The first-order valence-corrected chi connectivity index (χ1v) is 5.66.